The van der Waals surface area contributed by atoms with Gasteiger partial charge in [0.05, 0.1) is 0 Å². The van der Waals surface area contributed by atoms with Gasteiger partial charge in [0.1, 0.15) is 0 Å². The van der Waals surface area contributed by atoms with Crippen molar-refractivity contribution in [2.75, 3.05) is 13.6 Å². The van der Waals surface area contributed by atoms with Gasteiger partial charge in [-0.15, -0.1) is 0 Å². The van der Waals surface area contributed by atoms with Gasteiger partial charge in [-0.2, -0.15) is 0 Å². The Morgan fingerprint density at radius 2 is 1.94 bits per heavy atom. The van der Waals surface area contributed by atoms with Crippen LogP contribution < -0.4 is 5.32 Å². The third-order valence-corrected chi connectivity index (χ3v) is 3.28. The highest BCUT2D eigenvalue weighted by atomic mass is 35.5. The van der Waals surface area contributed by atoms with E-state index in [0.717, 1.165) is 23.7 Å². The molecule has 0 spiro atoms. The Morgan fingerprint density at radius 3 is 2.56 bits per heavy atom. The normalized spacial score (nSPS) is 12.3. The zero-order valence-electron chi connectivity index (χ0n) is 10.5. The van der Waals surface area contributed by atoms with E-state index in [-0.39, 0.29) is 0 Å². The Hall–Kier alpha value is -1.38. The summed E-state index contributed by atoms with van der Waals surface area (Å²) in [6, 6.07) is 14.3. The lowest BCUT2D eigenvalue weighted by Gasteiger charge is -2.16. The van der Waals surface area contributed by atoms with Crippen LogP contribution in [0.2, 0.25) is 5.02 Å². The highest BCUT2D eigenvalue weighted by Crippen LogP contribution is 2.26. The molecule has 1 aromatic heterocycles. The van der Waals surface area contributed by atoms with Gasteiger partial charge < -0.3 is 5.32 Å². The molecule has 1 heterocycles. The second-order valence-corrected chi connectivity index (χ2v) is 4.74. The Morgan fingerprint density at radius 1 is 1.17 bits per heavy atom. The molecular formula is C15H18ClN2+. The van der Waals surface area contributed by atoms with E-state index < -0.39 is 0 Å². The van der Waals surface area contributed by atoms with Crippen LogP contribution in [0.5, 0.6) is 0 Å². The summed E-state index contributed by atoms with van der Waals surface area (Å²) in [4.78, 5) is 4.48. The number of benzene rings is 1. The number of nitrogens with one attached hydrogen (secondary N) is 1. The number of rotatable bonds is 5. The van der Waals surface area contributed by atoms with Gasteiger partial charge in [-0.25, -0.2) is 0 Å². The van der Waals surface area contributed by atoms with Crippen molar-refractivity contribution in [3.8, 4) is 0 Å². The van der Waals surface area contributed by atoms with Gasteiger partial charge >= 0.3 is 0 Å². The summed E-state index contributed by atoms with van der Waals surface area (Å²) >= 11 is 5.13. The monoisotopic (exact) mass is 261 g/mol. The first-order chi connectivity index (χ1) is 8.81. The minimum absolute atomic E-state index is 0.328. The minimum Gasteiger partial charge on any atom is -0.320 e. The summed E-state index contributed by atoms with van der Waals surface area (Å²) in [6.45, 7) is 0.969. The largest absolute Gasteiger partial charge is 0.320 e. The third kappa shape index (κ3) is 3.31. The SMILES string of the molecule is CNCCC(c1ccc([ClH+])cc1)c1ccccn1. The van der Waals surface area contributed by atoms with Crippen molar-refractivity contribution in [1.29, 1.82) is 0 Å². The highest BCUT2D eigenvalue weighted by molar-refractivity contribution is 5.30. The van der Waals surface area contributed by atoms with Crippen LogP contribution in [0.1, 0.15) is 23.6 Å². The minimum atomic E-state index is 0.328. The topological polar surface area (TPSA) is 24.9 Å². The second-order valence-electron chi connectivity index (χ2n) is 4.27. The van der Waals surface area contributed by atoms with Crippen molar-refractivity contribution in [3.05, 3.63) is 64.9 Å². The van der Waals surface area contributed by atoms with E-state index in [9.17, 15) is 0 Å². The maximum Gasteiger partial charge on any atom is 0.225 e. The van der Waals surface area contributed by atoms with E-state index in [1.165, 1.54) is 5.56 Å². The number of hydrogen-bond donors (Lipinski definition) is 1. The van der Waals surface area contributed by atoms with Crippen LogP contribution in [-0.2, 0) is 0 Å². The van der Waals surface area contributed by atoms with Gasteiger partial charge in [0.2, 0.25) is 5.02 Å². The predicted molar refractivity (Wildman–Crippen MR) is 71.6 cm³/mol. The summed E-state index contributed by atoms with van der Waals surface area (Å²) in [7, 11) is 1.97. The van der Waals surface area contributed by atoms with Crippen LogP contribution in [0.25, 0.3) is 0 Å². The smallest absolute Gasteiger partial charge is 0.225 e. The van der Waals surface area contributed by atoms with Crippen molar-refractivity contribution in [2.45, 2.75) is 12.3 Å². The molecule has 0 saturated carbocycles. The molecule has 0 amide bonds. The number of pyridine rings is 1. The third-order valence-electron chi connectivity index (χ3n) is 3.01. The van der Waals surface area contributed by atoms with E-state index >= 15 is 0 Å². The van der Waals surface area contributed by atoms with Crippen molar-refractivity contribution >= 4 is 0 Å². The lowest BCUT2D eigenvalue weighted by molar-refractivity contribution is -0.288. The zero-order valence-corrected chi connectivity index (χ0v) is 11.3. The molecule has 94 valence electrons. The first-order valence-corrected chi connectivity index (χ1v) is 6.54. The lowest BCUT2D eigenvalue weighted by Crippen LogP contribution is -2.13. The molecule has 2 nitrogen and oxygen atoms in total. The molecule has 0 aliphatic heterocycles. The molecule has 2 rings (SSSR count). The zero-order chi connectivity index (χ0) is 12.8. The molecule has 0 fully saturated rings. The molecule has 1 aromatic carbocycles. The Bertz CT molecular complexity index is 468. The molecule has 0 radical (unpaired) electrons. The molecule has 0 aliphatic carbocycles. The molecule has 1 atom stereocenters. The molecule has 3 heteroatoms. The van der Waals surface area contributed by atoms with Crippen LogP contribution >= 0.6 is 0 Å². The molecular weight excluding hydrogens is 244 g/mol. The van der Waals surface area contributed by atoms with Crippen LogP contribution in [0, 0.1) is 11.6 Å². The fraction of sp³-hybridized carbons (Fsp3) is 0.267. The lowest BCUT2D eigenvalue weighted by atomic mass is 9.92. The number of halogens is 1. The molecule has 0 saturated heterocycles. The fourth-order valence-electron chi connectivity index (χ4n) is 2.06. The van der Waals surface area contributed by atoms with E-state index in [4.69, 9.17) is 11.6 Å². The summed E-state index contributed by atoms with van der Waals surface area (Å²) in [5.74, 6) is 0.328. The average Bonchev–Trinajstić information content (AvgIpc) is 2.42. The summed E-state index contributed by atoms with van der Waals surface area (Å²) in [6.07, 6.45) is 2.88. The van der Waals surface area contributed by atoms with E-state index in [2.05, 4.69) is 28.5 Å². The predicted octanol–water partition coefficient (Wildman–Crippen LogP) is 2.52. The molecule has 1 N–H and O–H groups in total. The van der Waals surface area contributed by atoms with Gasteiger partial charge in [0.15, 0.2) is 11.6 Å². The number of hydrogen-bond acceptors (Lipinski definition) is 2. The highest BCUT2D eigenvalue weighted by Gasteiger charge is 2.15. The maximum atomic E-state index is 5.13. The van der Waals surface area contributed by atoms with Crippen molar-refractivity contribution in [2.24, 2.45) is 0 Å². The van der Waals surface area contributed by atoms with E-state index in [1.807, 2.05) is 37.5 Å². The van der Waals surface area contributed by atoms with Gasteiger partial charge in [-0.1, -0.05) is 18.2 Å². The van der Waals surface area contributed by atoms with E-state index in [0.29, 0.717) is 5.92 Å². The summed E-state index contributed by atoms with van der Waals surface area (Å²) < 4.78 is 0. The Balaban J connectivity index is 2.27. The van der Waals surface area contributed by atoms with Crippen molar-refractivity contribution in [3.63, 3.8) is 0 Å². The molecule has 0 bridgehead atoms. The van der Waals surface area contributed by atoms with Gasteiger partial charge in [-0.3, -0.25) is 4.98 Å². The van der Waals surface area contributed by atoms with Crippen LogP contribution in [0.15, 0.2) is 48.7 Å². The number of aromatic nitrogens is 1. The Kier molecular flexibility index (Phi) is 4.73. The van der Waals surface area contributed by atoms with Crippen LogP contribution in [0.3, 0.4) is 0 Å². The van der Waals surface area contributed by atoms with Crippen LogP contribution in [-0.4, -0.2) is 18.6 Å². The van der Waals surface area contributed by atoms with Gasteiger partial charge in [0, 0.05) is 29.9 Å². The first kappa shape index (κ1) is 13.1. The second kappa shape index (κ2) is 6.53. The summed E-state index contributed by atoms with van der Waals surface area (Å²) in [5.41, 5.74) is 2.39. The van der Waals surface area contributed by atoms with Crippen molar-refractivity contribution < 1.29 is 11.6 Å². The van der Waals surface area contributed by atoms with E-state index in [1.54, 1.807) is 0 Å². The summed E-state index contributed by atoms with van der Waals surface area (Å²) in [5, 5.41) is 4.08. The standard InChI is InChI=1S/C15H18ClN2/c1-17-11-9-14(15-4-2-3-10-18-15)12-5-7-13(16)8-6-12/h2-8,10,14,16-17H,9,11H2,1H3/q+1. The Labute approximate surface area is 113 Å². The molecule has 2 aromatic rings. The first-order valence-electron chi connectivity index (χ1n) is 6.14. The van der Waals surface area contributed by atoms with Gasteiger partial charge in [0.25, 0.3) is 0 Å². The maximum absolute atomic E-state index is 5.13. The molecule has 1 unspecified atom stereocenters. The van der Waals surface area contributed by atoms with Crippen molar-refractivity contribution in [1.82, 2.24) is 10.3 Å². The number of nitrogens with zero attached hydrogens (tertiary/aromatic N) is 1. The molecule has 18 heavy (non-hydrogen) atoms. The fourth-order valence-corrected chi connectivity index (χ4v) is 2.19. The average molecular weight is 262 g/mol. The quantitative estimate of drug-likeness (QED) is 0.895. The molecule has 0 aliphatic rings. The van der Waals surface area contributed by atoms with Crippen LogP contribution in [0.4, 0.5) is 0 Å². The van der Waals surface area contributed by atoms with Gasteiger partial charge in [-0.05, 0) is 37.7 Å².